The number of anilines is 1. The molecule has 2 aromatic rings. The van der Waals surface area contributed by atoms with Crippen LogP contribution < -0.4 is 10.3 Å². The summed E-state index contributed by atoms with van der Waals surface area (Å²) in [4.78, 5) is 13.2. The Bertz CT molecular complexity index is 821. The second kappa shape index (κ2) is 5.77. The summed E-state index contributed by atoms with van der Waals surface area (Å²) < 4.78 is 27.2. The molecule has 2 rings (SSSR count). The first-order chi connectivity index (χ1) is 9.29. The third kappa shape index (κ3) is 3.35. The number of hydrogen-bond donors (Lipinski definition) is 2. The van der Waals surface area contributed by atoms with Gasteiger partial charge in [-0.3, -0.25) is 9.52 Å². The van der Waals surface area contributed by atoms with E-state index in [4.69, 9.17) is 23.2 Å². The number of hydrogen-bond acceptors (Lipinski definition) is 3. The SMILES string of the molecule is O=c1[nH]cc(S(=O)(=O)Nc2ccc(Cl)cc2Br)cc1Cl. The van der Waals surface area contributed by atoms with Crippen molar-refractivity contribution in [1.29, 1.82) is 0 Å². The van der Waals surface area contributed by atoms with Crippen LogP contribution in [0.2, 0.25) is 10.0 Å². The Morgan fingerprint density at radius 1 is 1.20 bits per heavy atom. The highest BCUT2D eigenvalue weighted by Gasteiger charge is 2.17. The van der Waals surface area contributed by atoms with Crippen LogP contribution in [0.15, 0.2) is 44.6 Å². The Hall–Kier alpha value is -1.02. The highest BCUT2D eigenvalue weighted by atomic mass is 79.9. The summed E-state index contributed by atoms with van der Waals surface area (Å²) >= 11 is 14.6. The maximum Gasteiger partial charge on any atom is 0.266 e. The van der Waals surface area contributed by atoms with Crippen molar-refractivity contribution in [3.63, 3.8) is 0 Å². The van der Waals surface area contributed by atoms with Crippen molar-refractivity contribution in [2.75, 3.05) is 4.72 Å². The van der Waals surface area contributed by atoms with Gasteiger partial charge in [-0.15, -0.1) is 0 Å². The molecule has 0 amide bonds. The molecule has 0 aliphatic heterocycles. The van der Waals surface area contributed by atoms with E-state index in [1.165, 1.54) is 6.07 Å². The molecule has 0 fully saturated rings. The maximum absolute atomic E-state index is 12.2. The lowest BCUT2D eigenvalue weighted by atomic mass is 10.3. The fourth-order valence-electron chi connectivity index (χ4n) is 1.37. The number of aromatic amines is 1. The largest absolute Gasteiger partial charge is 0.326 e. The van der Waals surface area contributed by atoms with E-state index < -0.39 is 15.6 Å². The zero-order valence-electron chi connectivity index (χ0n) is 9.65. The quantitative estimate of drug-likeness (QED) is 0.834. The predicted octanol–water partition coefficient (Wildman–Crippen LogP) is 3.25. The molecule has 0 aliphatic rings. The summed E-state index contributed by atoms with van der Waals surface area (Å²) in [6.07, 6.45) is 1.07. The number of H-pyrrole nitrogens is 1. The normalized spacial score (nSPS) is 11.3. The summed E-state index contributed by atoms with van der Waals surface area (Å²) in [6, 6.07) is 5.69. The van der Waals surface area contributed by atoms with Crippen molar-refractivity contribution in [2.24, 2.45) is 0 Å². The zero-order chi connectivity index (χ0) is 14.9. The molecule has 1 aromatic carbocycles. The fourth-order valence-corrected chi connectivity index (χ4v) is 3.59. The molecule has 0 saturated carbocycles. The summed E-state index contributed by atoms with van der Waals surface area (Å²) in [5, 5.41) is 0.259. The van der Waals surface area contributed by atoms with Crippen molar-refractivity contribution in [3.05, 3.63) is 55.3 Å². The number of halogens is 3. The second-order valence-corrected chi connectivity index (χ2v) is 7.12. The number of pyridine rings is 1. The number of benzene rings is 1. The summed E-state index contributed by atoms with van der Waals surface area (Å²) in [5.41, 5.74) is -0.241. The van der Waals surface area contributed by atoms with Crippen LogP contribution in [0.3, 0.4) is 0 Å². The Morgan fingerprint density at radius 3 is 2.50 bits per heavy atom. The molecule has 2 N–H and O–H groups in total. The topological polar surface area (TPSA) is 79.0 Å². The van der Waals surface area contributed by atoms with E-state index in [1.807, 2.05) is 0 Å². The van der Waals surface area contributed by atoms with Crippen LogP contribution in [-0.4, -0.2) is 13.4 Å². The molecule has 0 radical (unpaired) electrons. The molecule has 0 atom stereocenters. The smallest absolute Gasteiger partial charge is 0.266 e. The first-order valence-corrected chi connectivity index (χ1v) is 8.19. The van der Waals surface area contributed by atoms with Gasteiger partial charge in [-0.05, 0) is 40.2 Å². The first-order valence-electron chi connectivity index (χ1n) is 5.16. The molecule has 106 valence electrons. The van der Waals surface area contributed by atoms with Crippen molar-refractivity contribution < 1.29 is 8.42 Å². The van der Waals surface area contributed by atoms with E-state index in [0.29, 0.717) is 15.2 Å². The van der Waals surface area contributed by atoms with Crippen LogP contribution in [0, 0.1) is 0 Å². The number of sulfonamides is 1. The molecule has 9 heteroatoms. The minimum absolute atomic E-state index is 0.149. The van der Waals surface area contributed by atoms with Crippen LogP contribution >= 0.6 is 39.1 Å². The molecule has 0 spiro atoms. The standard InChI is InChI=1S/C11H7BrCl2N2O3S/c12-8-3-6(13)1-2-10(8)16-20(18,19)7-4-9(14)11(17)15-5-7/h1-5,16H,(H,15,17). The zero-order valence-corrected chi connectivity index (χ0v) is 13.6. The van der Waals surface area contributed by atoms with Gasteiger partial charge >= 0.3 is 0 Å². The van der Waals surface area contributed by atoms with E-state index in [1.54, 1.807) is 12.1 Å². The van der Waals surface area contributed by atoms with Gasteiger partial charge in [0.25, 0.3) is 15.6 Å². The molecule has 20 heavy (non-hydrogen) atoms. The van der Waals surface area contributed by atoms with Crippen LogP contribution in [0.5, 0.6) is 0 Å². The Morgan fingerprint density at radius 2 is 1.90 bits per heavy atom. The monoisotopic (exact) mass is 396 g/mol. The molecule has 0 bridgehead atoms. The van der Waals surface area contributed by atoms with Gasteiger partial charge < -0.3 is 4.98 Å². The molecule has 1 heterocycles. The fraction of sp³-hybridized carbons (Fsp3) is 0. The number of nitrogens with one attached hydrogen (secondary N) is 2. The molecule has 0 unspecified atom stereocenters. The van der Waals surface area contributed by atoms with E-state index in [2.05, 4.69) is 25.6 Å². The highest BCUT2D eigenvalue weighted by molar-refractivity contribution is 9.10. The lowest BCUT2D eigenvalue weighted by molar-refractivity contribution is 0.600. The van der Waals surface area contributed by atoms with E-state index >= 15 is 0 Å². The Balaban J connectivity index is 2.40. The minimum Gasteiger partial charge on any atom is -0.326 e. The molecular weight excluding hydrogens is 391 g/mol. The highest BCUT2D eigenvalue weighted by Crippen LogP contribution is 2.28. The molecular formula is C11H7BrCl2N2O3S. The molecule has 5 nitrogen and oxygen atoms in total. The third-order valence-corrected chi connectivity index (χ3v) is 4.83. The van der Waals surface area contributed by atoms with Gasteiger partial charge in [-0.2, -0.15) is 0 Å². The summed E-state index contributed by atoms with van der Waals surface area (Å²) in [7, 11) is -3.87. The van der Waals surface area contributed by atoms with Gasteiger partial charge in [0, 0.05) is 15.7 Å². The van der Waals surface area contributed by atoms with Gasteiger partial charge in [-0.1, -0.05) is 23.2 Å². The van der Waals surface area contributed by atoms with Crippen LogP contribution in [0.25, 0.3) is 0 Å². The molecule has 1 aromatic heterocycles. The number of aromatic nitrogens is 1. The van der Waals surface area contributed by atoms with E-state index in [9.17, 15) is 13.2 Å². The van der Waals surface area contributed by atoms with Crippen molar-refractivity contribution >= 4 is 54.8 Å². The lowest BCUT2D eigenvalue weighted by Gasteiger charge is -2.10. The molecule has 0 saturated heterocycles. The Kier molecular flexibility index (Phi) is 4.43. The Labute approximate surface area is 133 Å². The number of rotatable bonds is 3. The maximum atomic E-state index is 12.2. The first kappa shape index (κ1) is 15.4. The van der Waals surface area contributed by atoms with Gasteiger partial charge in [0.1, 0.15) is 9.92 Å². The van der Waals surface area contributed by atoms with Crippen LogP contribution in [0.4, 0.5) is 5.69 Å². The van der Waals surface area contributed by atoms with Crippen molar-refractivity contribution in [2.45, 2.75) is 4.90 Å². The third-order valence-electron chi connectivity index (χ3n) is 2.32. The average Bonchev–Trinajstić information content (AvgIpc) is 2.36. The average molecular weight is 398 g/mol. The van der Waals surface area contributed by atoms with E-state index in [0.717, 1.165) is 12.3 Å². The van der Waals surface area contributed by atoms with Gasteiger partial charge in [0.2, 0.25) is 0 Å². The summed E-state index contributed by atoms with van der Waals surface area (Å²) in [5.74, 6) is 0. The minimum atomic E-state index is -3.87. The second-order valence-electron chi connectivity index (χ2n) is 3.74. The van der Waals surface area contributed by atoms with Gasteiger partial charge in [0.15, 0.2) is 0 Å². The van der Waals surface area contributed by atoms with Crippen molar-refractivity contribution in [1.82, 2.24) is 4.98 Å². The van der Waals surface area contributed by atoms with E-state index in [-0.39, 0.29) is 9.92 Å². The predicted molar refractivity (Wildman–Crippen MR) is 82.0 cm³/mol. The van der Waals surface area contributed by atoms with Crippen LogP contribution in [0.1, 0.15) is 0 Å². The molecule has 0 aliphatic carbocycles. The van der Waals surface area contributed by atoms with Gasteiger partial charge in [-0.25, -0.2) is 8.42 Å². The summed E-state index contributed by atoms with van der Waals surface area (Å²) in [6.45, 7) is 0. The lowest BCUT2D eigenvalue weighted by Crippen LogP contribution is -2.16. The van der Waals surface area contributed by atoms with Crippen LogP contribution in [-0.2, 0) is 10.0 Å². The van der Waals surface area contributed by atoms with Gasteiger partial charge in [0.05, 0.1) is 5.69 Å². The van der Waals surface area contributed by atoms with Crippen molar-refractivity contribution in [3.8, 4) is 0 Å².